The molecule has 26 heavy (non-hydrogen) atoms. The number of nitrogens with one attached hydrogen (secondary N) is 2. The SMILES string of the molecule is CS(=O)(=O)Nc1cccc(C(=O)Nc2ncc(Cc3ccccc3)s2)c1. The molecule has 0 aliphatic carbocycles. The Morgan fingerprint density at radius 2 is 1.88 bits per heavy atom. The second-order valence-corrected chi connectivity index (χ2v) is 8.57. The number of benzene rings is 2. The van der Waals surface area contributed by atoms with Gasteiger partial charge in [0, 0.05) is 28.7 Å². The maximum Gasteiger partial charge on any atom is 0.257 e. The molecule has 0 fully saturated rings. The standard InChI is InChI=1S/C18H17N3O3S2/c1-26(23,24)21-15-9-5-8-14(11-15)17(22)20-18-19-12-16(25-18)10-13-6-3-2-4-7-13/h2-9,11-12,21H,10H2,1H3,(H,19,20,22). The predicted octanol–water partition coefficient (Wildman–Crippen LogP) is 3.36. The highest BCUT2D eigenvalue weighted by Gasteiger charge is 2.11. The van der Waals surface area contributed by atoms with Crippen LogP contribution in [-0.4, -0.2) is 25.6 Å². The normalized spacial score (nSPS) is 11.1. The van der Waals surface area contributed by atoms with Crippen molar-refractivity contribution >= 4 is 38.1 Å². The third kappa shape index (κ3) is 5.14. The summed E-state index contributed by atoms with van der Waals surface area (Å²) in [5.74, 6) is -0.345. The molecule has 6 nitrogen and oxygen atoms in total. The number of anilines is 2. The number of amides is 1. The molecule has 0 aliphatic rings. The van der Waals surface area contributed by atoms with Gasteiger partial charge in [-0.25, -0.2) is 13.4 Å². The Labute approximate surface area is 156 Å². The van der Waals surface area contributed by atoms with Crippen LogP contribution >= 0.6 is 11.3 Å². The van der Waals surface area contributed by atoms with E-state index in [2.05, 4.69) is 15.0 Å². The van der Waals surface area contributed by atoms with Gasteiger partial charge in [0.1, 0.15) is 0 Å². The fourth-order valence-corrected chi connectivity index (χ4v) is 3.75. The number of sulfonamides is 1. The van der Waals surface area contributed by atoms with Crippen LogP contribution in [0.3, 0.4) is 0 Å². The monoisotopic (exact) mass is 387 g/mol. The van der Waals surface area contributed by atoms with Gasteiger partial charge in [-0.3, -0.25) is 14.8 Å². The Hall–Kier alpha value is -2.71. The van der Waals surface area contributed by atoms with E-state index >= 15 is 0 Å². The largest absolute Gasteiger partial charge is 0.298 e. The van der Waals surface area contributed by atoms with Gasteiger partial charge in [-0.1, -0.05) is 36.4 Å². The highest BCUT2D eigenvalue weighted by molar-refractivity contribution is 7.92. The molecule has 0 radical (unpaired) electrons. The summed E-state index contributed by atoms with van der Waals surface area (Å²) in [4.78, 5) is 17.7. The third-order valence-electron chi connectivity index (χ3n) is 3.42. The first-order valence-corrected chi connectivity index (χ1v) is 10.5. The molecule has 3 aromatic rings. The lowest BCUT2D eigenvalue weighted by atomic mass is 10.1. The van der Waals surface area contributed by atoms with E-state index in [0.29, 0.717) is 16.4 Å². The van der Waals surface area contributed by atoms with Crippen LogP contribution in [0.25, 0.3) is 0 Å². The van der Waals surface area contributed by atoms with Gasteiger partial charge < -0.3 is 0 Å². The van der Waals surface area contributed by atoms with Gasteiger partial charge in [0.05, 0.1) is 6.26 Å². The smallest absolute Gasteiger partial charge is 0.257 e. The molecular weight excluding hydrogens is 370 g/mol. The summed E-state index contributed by atoms with van der Waals surface area (Å²) in [5.41, 5.74) is 1.86. The zero-order valence-corrected chi connectivity index (χ0v) is 15.6. The van der Waals surface area contributed by atoms with Crippen molar-refractivity contribution in [2.75, 3.05) is 16.3 Å². The number of hydrogen-bond acceptors (Lipinski definition) is 5. The molecule has 0 aliphatic heterocycles. The lowest BCUT2D eigenvalue weighted by Gasteiger charge is -2.06. The first-order valence-electron chi connectivity index (χ1n) is 7.77. The quantitative estimate of drug-likeness (QED) is 0.679. The molecule has 134 valence electrons. The van der Waals surface area contributed by atoms with Gasteiger partial charge in [-0.2, -0.15) is 0 Å². The van der Waals surface area contributed by atoms with Crippen molar-refractivity contribution in [2.45, 2.75) is 6.42 Å². The fourth-order valence-electron chi connectivity index (χ4n) is 2.35. The van der Waals surface area contributed by atoms with E-state index in [-0.39, 0.29) is 5.91 Å². The minimum absolute atomic E-state index is 0.337. The fraction of sp³-hybridized carbons (Fsp3) is 0.111. The van der Waals surface area contributed by atoms with E-state index in [4.69, 9.17) is 0 Å². The number of rotatable bonds is 6. The van der Waals surface area contributed by atoms with Gasteiger partial charge in [0.25, 0.3) is 5.91 Å². The van der Waals surface area contributed by atoms with E-state index in [1.54, 1.807) is 24.4 Å². The first-order chi connectivity index (χ1) is 12.4. The number of aromatic nitrogens is 1. The predicted molar refractivity (Wildman–Crippen MR) is 104 cm³/mol. The summed E-state index contributed by atoms with van der Waals surface area (Å²) < 4.78 is 25.0. The Balaban J connectivity index is 1.68. The van der Waals surface area contributed by atoms with Crippen molar-refractivity contribution in [2.24, 2.45) is 0 Å². The summed E-state index contributed by atoms with van der Waals surface area (Å²) >= 11 is 1.41. The minimum atomic E-state index is -3.40. The van der Waals surface area contributed by atoms with Gasteiger partial charge in [-0.15, -0.1) is 11.3 Å². The molecule has 0 saturated carbocycles. The molecule has 1 aromatic heterocycles. The molecular formula is C18H17N3O3S2. The molecule has 2 N–H and O–H groups in total. The van der Waals surface area contributed by atoms with Crippen molar-refractivity contribution in [1.29, 1.82) is 0 Å². The van der Waals surface area contributed by atoms with Crippen LogP contribution in [0.1, 0.15) is 20.8 Å². The lowest BCUT2D eigenvalue weighted by molar-refractivity contribution is 0.102. The number of thiazole rings is 1. The average Bonchev–Trinajstić information content (AvgIpc) is 3.01. The molecule has 3 rings (SSSR count). The summed E-state index contributed by atoms with van der Waals surface area (Å²) in [6.07, 6.45) is 3.56. The highest BCUT2D eigenvalue weighted by Crippen LogP contribution is 2.22. The van der Waals surface area contributed by atoms with Crippen molar-refractivity contribution in [1.82, 2.24) is 4.98 Å². The molecule has 0 saturated heterocycles. The van der Waals surface area contributed by atoms with Crippen LogP contribution < -0.4 is 10.0 Å². The van der Waals surface area contributed by atoms with Gasteiger partial charge in [-0.05, 0) is 23.8 Å². The van der Waals surface area contributed by atoms with Crippen LogP contribution in [0.2, 0.25) is 0 Å². The second kappa shape index (κ2) is 7.67. The van der Waals surface area contributed by atoms with Gasteiger partial charge in [0.2, 0.25) is 10.0 Å². The zero-order valence-electron chi connectivity index (χ0n) is 14.0. The van der Waals surface area contributed by atoms with Gasteiger partial charge in [0.15, 0.2) is 5.13 Å². The molecule has 0 unspecified atom stereocenters. The molecule has 0 bridgehead atoms. The Bertz CT molecular complexity index is 1010. The van der Waals surface area contributed by atoms with Crippen LogP contribution in [0.15, 0.2) is 60.8 Å². The zero-order chi connectivity index (χ0) is 18.6. The topological polar surface area (TPSA) is 88.2 Å². The number of carbonyl (C=O) groups is 1. The van der Waals surface area contributed by atoms with Crippen LogP contribution in [0.4, 0.5) is 10.8 Å². The molecule has 8 heteroatoms. The number of carbonyl (C=O) groups excluding carboxylic acids is 1. The summed E-state index contributed by atoms with van der Waals surface area (Å²) in [7, 11) is -3.40. The Morgan fingerprint density at radius 3 is 2.62 bits per heavy atom. The second-order valence-electron chi connectivity index (χ2n) is 5.70. The van der Waals surface area contributed by atoms with E-state index in [1.165, 1.54) is 23.0 Å². The molecule has 2 aromatic carbocycles. The van der Waals surface area contributed by atoms with E-state index in [9.17, 15) is 13.2 Å². The Morgan fingerprint density at radius 1 is 1.12 bits per heavy atom. The van der Waals surface area contributed by atoms with Crippen molar-refractivity contribution in [3.63, 3.8) is 0 Å². The van der Waals surface area contributed by atoms with E-state index < -0.39 is 10.0 Å². The van der Waals surface area contributed by atoms with Crippen molar-refractivity contribution in [3.8, 4) is 0 Å². The number of hydrogen-bond donors (Lipinski definition) is 2. The van der Waals surface area contributed by atoms with Crippen LogP contribution in [0, 0.1) is 0 Å². The summed E-state index contributed by atoms with van der Waals surface area (Å²) in [5, 5.41) is 3.25. The third-order valence-corrected chi connectivity index (χ3v) is 4.94. The molecule has 0 spiro atoms. The van der Waals surface area contributed by atoms with Crippen LogP contribution in [0.5, 0.6) is 0 Å². The molecule has 1 heterocycles. The van der Waals surface area contributed by atoms with Crippen molar-refractivity contribution < 1.29 is 13.2 Å². The Kier molecular flexibility index (Phi) is 5.34. The first kappa shape index (κ1) is 18.1. The van der Waals surface area contributed by atoms with Crippen LogP contribution in [-0.2, 0) is 16.4 Å². The van der Waals surface area contributed by atoms with E-state index in [1.807, 2.05) is 30.3 Å². The maximum atomic E-state index is 12.4. The number of nitrogens with zero attached hydrogens (tertiary/aromatic N) is 1. The average molecular weight is 387 g/mol. The van der Waals surface area contributed by atoms with Gasteiger partial charge >= 0.3 is 0 Å². The lowest BCUT2D eigenvalue weighted by Crippen LogP contribution is -2.13. The molecule has 0 atom stereocenters. The summed E-state index contributed by atoms with van der Waals surface area (Å²) in [6.45, 7) is 0. The highest BCUT2D eigenvalue weighted by atomic mass is 32.2. The minimum Gasteiger partial charge on any atom is -0.298 e. The van der Waals surface area contributed by atoms with Crippen molar-refractivity contribution in [3.05, 3.63) is 76.8 Å². The summed E-state index contributed by atoms with van der Waals surface area (Å²) in [6, 6.07) is 16.3. The van der Waals surface area contributed by atoms with E-state index in [0.717, 1.165) is 17.6 Å². The maximum absolute atomic E-state index is 12.4. The molecule has 1 amide bonds.